The standard InChI is InChI=1S/C25H18FNO5/c1-31-18-11-12-21-19(13-18)25(24(30)32-21,15-5-3-2-4-6-15)20-14-22(28)27(23(20)29)17-9-7-16(26)8-10-17/h2-13,20H,14H2,1H3/t20-,25+/m1/s1. The topological polar surface area (TPSA) is 72.9 Å². The number of nitrogens with zero attached hydrogens (tertiary/aromatic N) is 1. The summed E-state index contributed by atoms with van der Waals surface area (Å²) in [6, 6.07) is 18.9. The molecule has 0 aromatic heterocycles. The van der Waals surface area contributed by atoms with Crippen LogP contribution in [0.2, 0.25) is 0 Å². The number of anilines is 1. The first-order chi connectivity index (χ1) is 15.5. The molecule has 32 heavy (non-hydrogen) atoms. The summed E-state index contributed by atoms with van der Waals surface area (Å²) in [6.45, 7) is 0. The summed E-state index contributed by atoms with van der Waals surface area (Å²) in [6.07, 6.45) is -0.198. The molecule has 2 amide bonds. The summed E-state index contributed by atoms with van der Waals surface area (Å²) in [5.41, 5.74) is -0.249. The van der Waals surface area contributed by atoms with Gasteiger partial charge in [0, 0.05) is 12.0 Å². The molecule has 0 radical (unpaired) electrons. The van der Waals surface area contributed by atoms with Crippen LogP contribution in [0.3, 0.4) is 0 Å². The molecule has 0 saturated carbocycles. The Morgan fingerprint density at radius 3 is 2.41 bits per heavy atom. The number of fused-ring (bicyclic) bond motifs is 1. The van der Waals surface area contributed by atoms with Crippen molar-refractivity contribution in [3.05, 3.63) is 89.7 Å². The fraction of sp³-hybridized carbons (Fsp3) is 0.160. The Kier molecular flexibility index (Phi) is 4.55. The lowest BCUT2D eigenvalue weighted by Crippen LogP contribution is -2.46. The SMILES string of the molecule is COc1ccc2c(c1)[C@@](c1ccccc1)([C@@H]1CC(=O)N(c3ccc(F)cc3)C1=O)C(=O)O2. The summed E-state index contributed by atoms with van der Waals surface area (Å²) >= 11 is 0. The van der Waals surface area contributed by atoms with Crippen LogP contribution in [-0.2, 0) is 19.8 Å². The Morgan fingerprint density at radius 1 is 1.00 bits per heavy atom. The number of imide groups is 1. The van der Waals surface area contributed by atoms with Crippen molar-refractivity contribution in [1.82, 2.24) is 0 Å². The smallest absolute Gasteiger partial charge is 0.327 e. The zero-order chi connectivity index (χ0) is 22.5. The fourth-order valence-corrected chi connectivity index (χ4v) is 4.66. The van der Waals surface area contributed by atoms with E-state index in [-0.39, 0.29) is 12.1 Å². The molecule has 6 nitrogen and oxygen atoms in total. The molecule has 1 fully saturated rings. The van der Waals surface area contributed by atoms with Gasteiger partial charge < -0.3 is 9.47 Å². The first-order valence-electron chi connectivity index (χ1n) is 10.1. The molecule has 2 aliphatic heterocycles. The van der Waals surface area contributed by atoms with Crippen molar-refractivity contribution in [2.24, 2.45) is 5.92 Å². The maximum Gasteiger partial charge on any atom is 0.327 e. The van der Waals surface area contributed by atoms with E-state index in [9.17, 15) is 18.8 Å². The first kappa shape index (κ1) is 19.9. The van der Waals surface area contributed by atoms with E-state index in [1.165, 1.54) is 31.4 Å². The molecule has 0 N–H and O–H groups in total. The van der Waals surface area contributed by atoms with Gasteiger partial charge in [-0.15, -0.1) is 0 Å². The van der Waals surface area contributed by atoms with Crippen molar-refractivity contribution >= 4 is 23.5 Å². The lowest BCUT2D eigenvalue weighted by atomic mass is 9.65. The zero-order valence-electron chi connectivity index (χ0n) is 17.1. The predicted molar refractivity (Wildman–Crippen MR) is 113 cm³/mol. The van der Waals surface area contributed by atoms with Gasteiger partial charge in [0.1, 0.15) is 22.7 Å². The van der Waals surface area contributed by atoms with Crippen LogP contribution in [0.1, 0.15) is 17.5 Å². The average molecular weight is 431 g/mol. The van der Waals surface area contributed by atoms with Gasteiger partial charge in [0.2, 0.25) is 11.8 Å². The van der Waals surface area contributed by atoms with E-state index < -0.39 is 34.9 Å². The van der Waals surface area contributed by atoms with E-state index in [0.29, 0.717) is 22.6 Å². The quantitative estimate of drug-likeness (QED) is 0.358. The Bertz CT molecular complexity index is 1240. The Hall–Kier alpha value is -4.00. The third kappa shape index (κ3) is 2.74. The van der Waals surface area contributed by atoms with E-state index >= 15 is 0 Å². The molecule has 2 heterocycles. The second-order valence-electron chi connectivity index (χ2n) is 7.73. The zero-order valence-corrected chi connectivity index (χ0v) is 17.1. The van der Waals surface area contributed by atoms with Gasteiger partial charge in [-0.05, 0) is 48.0 Å². The fourth-order valence-electron chi connectivity index (χ4n) is 4.66. The number of hydrogen-bond donors (Lipinski definition) is 0. The molecule has 5 rings (SSSR count). The van der Waals surface area contributed by atoms with E-state index in [4.69, 9.17) is 9.47 Å². The average Bonchev–Trinajstić information content (AvgIpc) is 3.27. The third-order valence-corrected chi connectivity index (χ3v) is 6.12. The lowest BCUT2D eigenvalue weighted by molar-refractivity contribution is -0.141. The van der Waals surface area contributed by atoms with Crippen molar-refractivity contribution in [3.63, 3.8) is 0 Å². The molecule has 2 atom stereocenters. The van der Waals surface area contributed by atoms with Crippen molar-refractivity contribution in [2.45, 2.75) is 11.8 Å². The Morgan fingerprint density at radius 2 is 1.72 bits per heavy atom. The van der Waals surface area contributed by atoms with Crippen LogP contribution >= 0.6 is 0 Å². The molecule has 160 valence electrons. The second-order valence-corrected chi connectivity index (χ2v) is 7.73. The van der Waals surface area contributed by atoms with E-state index in [1.807, 2.05) is 0 Å². The number of methoxy groups -OCH3 is 1. The van der Waals surface area contributed by atoms with Crippen molar-refractivity contribution < 1.29 is 28.2 Å². The molecule has 0 unspecified atom stereocenters. The maximum absolute atomic E-state index is 13.6. The largest absolute Gasteiger partial charge is 0.497 e. The number of benzene rings is 3. The number of carbonyl (C=O) groups excluding carboxylic acids is 3. The van der Waals surface area contributed by atoms with Gasteiger partial charge in [-0.25, -0.2) is 4.39 Å². The number of ether oxygens (including phenoxy) is 2. The van der Waals surface area contributed by atoms with Gasteiger partial charge in [0.05, 0.1) is 18.7 Å². The minimum absolute atomic E-state index is 0.198. The highest BCUT2D eigenvalue weighted by Gasteiger charge is 2.62. The summed E-state index contributed by atoms with van der Waals surface area (Å²) in [7, 11) is 1.50. The van der Waals surface area contributed by atoms with Crippen molar-refractivity contribution in [2.75, 3.05) is 12.0 Å². The highest BCUT2D eigenvalue weighted by atomic mass is 19.1. The second kappa shape index (κ2) is 7.30. The highest BCUT2D eigenvalue weighted by Crippen LogP contribution is 2.53. The Balaban J connectivity index is 1.71. The molecule has 3 aromatic carbocycles. The van der Waals surface area contributed by atoms with E-state index in [0.717, 1.165) is 4.90 Å². The first-order valence-corrected chi connectivity index (χ1v) is 10.1. The minimum atomic E-state index is -1.52. The summed E-state index contributed by atoms with van der Waals surface area (Å²) in [5.74, 6) is -2.34. The number of carbonyl (C=O) groups is 3. The van der Waals surface area contributed by atoms with Crippen molar-refractivity contribution in [3.8, 4) is 11.5 Å². The molecule has 7 heteroatoms. The molecule has 3 aromatic rings. The molecule has 0 bridgehead atoms. The minimum Gasteiger partial charge on any atom is -0.497 e. The van der Waals surface area contributed by atoms with Crippen LogP contribution in [0.4, 0.5) is 10.1 Å². The third-order valence-electron chi connectivity index (χ3n) is 6.12. The molecular weight excluding hydrogens is 413 g/mol. The van der Waals surface area contributed by atoms with Crippen LogP contribution in [0.5, 0.6) is 11.5 Å². The number of amides is 2. The molecule has 1 saturated heterocycles. The summed E-state index contributed by atoms with van der Waals surface area (Å²) in [5, 5.41) is 0. The molecule has 0 spiro atoms. The lowest BCUT2D eigenvalue weighted by Gasteiger charge is -2.31. The predicted octanol–water partition coefficient (Wildman–Crippen LogP) is 3.62. The van der Waals surface area contributed by atoms with Crippen LogP contribution in [0.25, 0.3) is 0 Å². The molecular formula is C25H18FNO5. The van der Waals surface area contributed by atoms with E-state index in [1.54, 1.807) is 48.5 Å². The van der Waals surface area contributed by atoms with Gasteiger partial charge in [-0.2, -0.15) is 0 Å². The van der Waals surface area contributed by atoms with Crippen LogP contribution in [0, 0.1) is 11.7 Å². The number of rotatable bonds is 4. The van der Waals surface area contributed by atoms with Gasteiger partial charge >= 0.3 is 5.97 Å². The normalized spacial score (nSPS) is 22.1. The van der Waals surface area contributed by atoms with Gasteiger partial charge in [0.15, 0.2) is 0 Å². The summed E-state index contributed by atoms with van der Waals surface area (Å²) in [4.78, 5) is 41.1. The van der Waals surface area contributed by atoms with Crippen LogP contribution in [0.15, 0.2) is 72.8 Å². The monoisotopic (exact) mass is 431 g/mol. The van der Waals surface area contributed by atoms with Crippen molar-refractivity contribution in [1.29, 1.82) is 0 Å². The van der Waals surface area contributed by atoms with Gasteiger partial charge in [0.25, 0.3) is 0 Å². The van der Waals surface area contributed by atoms with E-state index in [2.05, 4.69) is 0 Å². The summed E-state index contributed by atoms with van der Waals surface area (Å²) < 4.78 is 24.4. The van der Waals surface area contributed by atoms with Gasteiger partial charge in [-0.1, -0.05) is 30.3 Å². The number of halogens is 1. The molecule has 0 aliphatic carbocycles. The van der Waals surface area contributed by atoms with Crippen LogP contribution in [-0.4, -0.2) is 24.9 Å². The number of hydrogen-bond acceptors (Lipinski definition) is 5. The maximum atomic E-state index is 13.6. The molecule has 2 aliphatic rings. The number of esters is 1. The highest BCUT2D eigenvalue weighted by molar-refractivity contribution is 6.23. The van der Waals surface area contributed by atoms with Gasteiger partial charge in [-0.3, -0.25) is 19.3 Å². The Labute approximate surface area is 183 Å². The van der Waals surface area contributed by atoms with Crippen LogP contribution < -0.4 is 14.4 Å².